The minimum atomic E-state index is -2.03. The maximum absolute atomic E-state index is 9.46. The third-order valence-electron chi connectivity index (χ3n) is 11.8. The monoisotopic (exact) mass is 817 g/mol. The summed E-state index contributed by atoms with van der Waals surface area (Å²) in [7, 11) is 0. The minimum Gasteiger partial charge on any atom is -0.208 e. The number of hydrogen-bond acceptors (Lipinski definition) is 4. The van der Waals surface area contributed by atoms with Crippen molar-refractivity contribution in [2.45, 2.75) is 5.41 Å². The van der Waals surface area contributed by atoms with Crippen LogP contribution in [0.2, 0.25) is 0 Å². The van der Waals surface area contributed by atoms with Crippen molar-refractivity contribution < 1.29 is 13.7 Å². The molecule has 0 bridgehead atoms. The SMILES string of the molecule is [2H]c1c([2H])c([2H])c(C2(c3c([2H])c([2H])c([2H])c([2H])c3[2H])c3ccccc3-c3c(-c4nc(-c5ccc(-c6ccccc6)cc5)nc(-c5ccc(-c6cccc7c6sc6ccccc67)cc5)n4)cccc32)c([2H])c1[2H]. The molecule has 2 aromatic heterocycles. The van der Waals surface area contributed by atoms with Crippen LogP contribution in [0.3, 0.4) is 0 Å². The third-order valence-corrected chi connectivity index (χ3v) is 13.0. The fourth-order valence-corrected chi connectivity index (χ4v) is 10.3. The van der Waals surface area contributed by atoms with Crippen molar-refractivity contribution in [3.05, 3.63) is 246 Å². The number of nitrogens with zero attached hydrogens (tertiary/aromatic N) is 3. The molecule has 0 amide bonds. The van der Waals surface area contributed by atoms with Gasteiger partial charge < -0.3 is 0 Å². The van der Waals surface area contributed by atoms with Crippen molar-refractivity contribution in [3.8, 4) is 67.5 Å². The maximum Gasteiger partial charge on any atom is 0.164 e. The summed E-state index contributed by atoms with van der Waals surface area (Å²) >= 11 is 1.76. The van der Waals surface area contributed by atoms with Crippen LogP contribution in [0.15, 0.2) is 224 Å². The van der Waals surface area contributed by atoms with Crippen LogP contribution in [0, 0.1) is 0 Å². The highest BCUT2D eigenvalue weighted by Crippen LogP contribution is 2.58. The molecule has 290 valence electrons. The first-order chi connectivity index (χ1) is 34.9. The van der Waals surface area contributed by atoms with Gasteiger partial charge in [-0.25, -0.2) is 15.0 Å². The zero-order valence-corrected chi connectivity index (χ0v) is 33.7. The molecule has 1 aliphatic rings. The average Bonchev–Trinajstić information content (AvgIpc) is 3.95. The summed E-state index contributed by atoms with van der Waals surface area (Å²) in [6.07, 6.45) is 0. The fourth-order valence-electron chi connectivity index (χ4n) is 9.02. The molecule has 3 nitrogen and oxygen atoms in total. The van der Waals surface area contributed by atoms with E-state index in [1.54, 1.807) is 41.7 Å². The average molecular weight is 818 g/mol. The second-order valence-corrected chi connectivity index (χ2v) is 16.2. The van der Waals surface area contributed by atoms with Gasteiger partial charge in [0.2, 0.25) is 0 Å². The standard InChI is InChI=1S/C58H37N3S/c1-4-16-38(17-5-1)39-30-34-41(35-31-39)55-59-56(42-36-32-40(33-37-42)45-24-14-25-47-46-22-11-13-29-52(46)62-54(45)47)61-57(60-55)49-26-15-28-51-53(49)48-23-10-12-27-50(48)58(51,43-18-6-2-7-19-43)44-20-8-3-9-21-44/h1-37H/i2D,3D,6D,7D,8D,9D,18D,19D,20D,21D. The number of hydrogen-bond donors (Lipinski definition) is 0. The summed E-state index contributed by atoms with van der Waals surface area (Å²) in [5, 5.41) is 2.41. The molecular weight excluding hydrogens is 771 g/mol. The summed E-state index contributed by atoms with van der Waals surface area (Å²) in [4.78, 5) is 15.5. The molecule has 2 heterocycles. The Balaban J connectivity index is 1.11. The molecule has 0 radical (unpaired) electrons. The smallest absolute Gasteiger partial charge is 0.164 e. The van der Waals surface area contributed by atoms with Crippen molar-refractivity contribution in [3.63, 3.8) is 0 Å². The first-order valence-corrected chi connectivity index (χ1v) is 21.0. The first kappa shape index (κ1) is 27.1. The van der Waals surface area contributed by atoms with E-state index < -0.39 is 65.8 Å². The number of rotatable bonds is 7. The normalized spacial score (nSPS) is 14.9. The Morgan fingerprint density at radius 1 is 0.371 bits per heavy atom. The quantitative estimate of drug-likeness (QED) is 0.161. The molecule has 0 aliphatic heterocycles. The summed E-state index contributed by atoms with van der Waals surface area (Å²) in [6.45, 7) is 0. The van der Waals surface area contributed by atoms with E-state index in [2.05, 4.69) is 54.6 Å². The zero-order chi connectivity index (χ0) is 49.7. The lowest BCUT2D eigenvalue weighted by molar-refractivity contribution is 0.768. The van der Waals surface area contributed by atoms with Gasteiger partial charge in [-0.3, -0.25) is 0 Å². The molecule has 0 N–H and O–H groups in total. The van der Waals surface area contributed by atoms with E-state index in [1.807, 2.05) is 78.9 Å². The Morgan fingerprint density at radius 2 is 0.871 bits per heavy atom. The van der Waals surface area contributed by atoms with Crippen molar-refractivity contribution in [1.29, 1.82) is 0 Å². The van der Waals surface area contributed by atoms with Gasteiger partial charge >= 0.3 is 0 Å². The molecule has 0 saturated carbocycles. The number of thiophene rings is 1. The lowest BCUT2D eigenvalue weighted by atomic mass is 9.67. The molecule has 0 saturated heterocycles. The van der Waals surface area contributed by atoms with Gasteiger partial charge in [-0.1, -0.05) is 218 Å². The molecule has 0 atom stereocenters. The Kier molecular flexibility index (Phi) is 6.45. The van der Waals surface area contributed by atoms with Crippen molar-refractivity contribution in [1.82, 2.24) is 15.0 Å². The van der Waals surface area contributed by atoms with E-state index >= 15 is 0 Å². The van der Waals surface area contributed by atoms with Crippen LogP contribution in [0.5, 0.6) is 0 Å². The van der Waals surface area contributed by atoms with E-state index in [0.717, 1.165) is 22.3 Å². The van der Waals surface area contributed by atoms with Gasteiger partial charge in [0.15, 0.2) is 17.5 Å². The fraction of sp³-hybridized carbons (Fsp3) is 0.0172. The molecule has 9 aromatic carbocycles. The predicted octanol–water partition coefficient (Wildman–Crippen LogP) is 14.9. The summed E-state index contributed by atoms with van der Waals surface area (Å²) in [6, 6.07) is 47.2. The Hall–Kier alpha value is -7.79. The van der Waals surface area contributed by atoms with Crippen molar-refractivity contribution in [2.75, 3.05) is 0 Å². The molecule has 62 heavy (non-hydrogen) atoms. The van der Waals surface area contributed by atoms with E-state index in [-0.39, 0.29) is 17.0 Å². The van der Waals surface area contributed by atoms with Crippen LogP contribution < -0.4 is 0 Å². The molecule has 12 rings (SSSR count). The third kappa shape index (κ3) is 5.76. The van der Waals surface area contributed by atoms with Crippen LogP contribution in [0.4, 0.5) is 0 Å². The zero-order valence-electron chi connectivity index (χ0n) is 42.8. The summed E-state index contributed by atoms with van der Waals surface area (Å²) in [5.41, 5.74) is 5.30. The number of fused-ring (bicyclic) bond motifs is 6. The molecule has 1 aliphatic carbocycles. The Morgan fingerprint density at radius 3 is 1.58 bits per heavy atom. The van der Waals surface area contributed by atoms with E-state index in [1.165, 1.54) is 20.2 Å². The molecule has 0 spiro atoms. The Bertz CT molecular complexity index is 3920. The van der Waals surface area contributed by atoms with E-state index in [4.69, 9.17) is 23.2 Å². The van der Waals surface area contributed by atoms with Gasteiger partial charge in [0.1, 0.15) is 0 Å². The van der Waals surface area contributed by atoms with Gasteiger partial charge in [0.25, 0.3) is 0 Å². The van der Waals surface area contributed by atoms with E-state index in [0.29, 0.717) is 50.6 Å². The van der Waals surface area contributed by atoms with Crippen LogP contribution in [-0.4, -0.2) is 15.0 Å². The Labute approximate surface area is 378 Å². The first-order valence-electron chi connectivity index (χ1n) is 25.2. The molecule has 11 aromatic rings. The highest BCUT2D eigenvalue weighted by atomic mass is 32.1. The lowest BCUT2D eigenvalue weighted by Gasteiger charge is -2.33. The number of aromatic nitrogens is 3. The van der Waals surface area contributed by atoms with Crippen LogP contribution in [-0.2, 0) is 5.41 Å². The van der Waals surface area contributed by atoms with Gasteiger partial charge in [-0.15, -0.1) is 11.3 Å². The predicted molar refractivity (Wildman–Crippen MR) is 257 cm³/mol. The topological polar surface area (TPSA) is 38.7 Å². The molecular formula is C58H37N3S. The van der Waals surface area contributed by atoms with Crippen LogP contribution >= 0.6 is 11.3 Å². The van der Waals surface area contributed by atoms with Crippen molar-refractivity contribution >= 4 is 31.5 Å². The van der Waals surface area contributed by atoms with Crippen LogP contribution in [0.25, 0.3) is 87.7 Å². The van der Waals surface area contributed by atoms with Gasteiger partial charge in [0.05, 0.1) is 19.1 Å². The van der Waals surface area contributed by atoms with Crippen LogP contribution in [0.1, 0.15) is 36.0 Å². The summed E-state index contributed by atoms with van der Waals surface area (Å²) < 4.78 is 92.9. The van der Waals surface area contributed by atoms with Gasteiger partial charge in [-0.2, -0.15) is 0 Å². The minimum absolute atomic E-state index is 0.252. The lowest BCUT2D eigenvalue weighted by Crippen LogP contribution is -2.28. The summed E-state index contributed by atoms with van der Waals surface area (Å²) in [5.74, 6) is 1.01. The number of benzene rings is 9. The highest BCUT2D eigenvalue weighted by Gasteiger charge is 2.47. The molecule has 0 fully saturated rings. The highest BCUT2D eigenvalue weighted by molar-refractivity contribution is 7.26. The van der Waals surface area contributed by atoms with E-state index in [9.17, 15) is 5.48 Å². The second kappa shape index (κ2) is 14.7. The molecule has 4 heteroatoms. The maximum atomic E-state index is 9.46. The van der Waals surface area contributed by atoms with Gasteiger partial charge in [0, 0.05) is 36.9 Å². The van der Waals surface area contributed by atoms with Gasteiger partial charge in [-0.05, 0) is 61.7 Å². The van der Waals surface area contributed by atoms with Crippen molar-refractivity contribution in [2.24, 2.45) is 0 Å². The second-order valence-electron chi connectivity index (χ2n) is 15.1. The largest absolute Gasteiger partial charge is 0.208 e. The molecule has 0 unspecified atom stereocenters.